The van der Waals surface area contributed by atoms with Crippen LogP contribution in [-0.2, 0) is 13.5 Å². The van der Waals surface area contributed by atoms with Crippen molar-refractivity contribution in [1.29, 1.82) is 0 Å². The Kier molecular flexibility index (Phi) is 3.36. The number of pyridine rings is 1. The largest absolute Gasteiger partial charge is 0.330 e. The van der Waals surface area contributed by atoms with Gasteiger partial charge >= 0.3 is 0 Å². The van der Waals surface area contributed by atoms with Crippen LogP contribution in [0.2, 0.25) is 0 Å². The molecule has 0 amide bonds. The number of aromatic nitrogens is 3. The summed E-state index contributed by atoms with van der Waals surface area (Å²) in [5, 5.41) is 4.45. The van der Waals surface area contributed by atoms with Gasteiger partial charge in [0.05, 0.1) is 15.9 Å². The normalized spacial score (nSPS) is 10.7. The summed E-state index contributed by atoms with van der Waals surface area (Å²) in [6, 6.07) is 5.78. The van der Waals surface area contributed by atoms with Crippen LogP contribution in [0.15, 0.2) is 28.9 Å². The third-order valence-corrected chi connectivity index (χ3v) is 3.22. The van der Waals surface area contributed by atoms with Crippen molar-refractivity contribution < 1.29 is 0 Å². The third-order valence-electron chi connectivity index (χ3n) is 2.39. The van der Waals surface area contributed by atoms with Crippen molar-refractivity contribution in [2.24, 2.45) is 12.8 Å². The van der Waals surface area contributed by atoms with Gasteiger partial charge in [0, 0.05) is 19.7 Å². The maximum atomic E-state index is 5.57. The zero-order valence-electron chi connectivity index (χ0n) is 9.02. The number of hydrogen-bond donors (Lipinski definition) is 1. The highest BCUT2D eigenvalue weighted by Crippen LogP contribution is 2.28. The molecule has 0 fully saturated rings. The Hall–Kier alpha value is -1.20. The smallest absolute Gasteiger partial charge is 0.125 e. The SMILES string of the molecule is Cn1nc(-c2ccccn2)c(Br)c1CCN. The molecule has 0 aliphatic carbocycles. The summed E-state index contributed by atoms with van der Waals surface area (Å²) in [6.07, 6.45) is 2.57. The number of rotatable bonds is 3. The number of hydrogen-bond acceptors (Lipinski definition) is 3. The van der Waals surface area contributed by atoms with Crippen LogP contribution in [-0.4, -0.2) is 21.3 Å². The zero-order chi connectivity index (χ0) is 11.5. The van der Waals surface area contributed by atoms with Gasteiger partial charge in [-0.15, -0.1) is 0 Å². The van der Waals surface area contributed by atoms with E-state index in [0.29, 0.717) is 6.54 Å². The minimum Gasteiger partial charge on any atom is -0.330 e. The first-order valence-corrected chi connectivity index (χ1v) is 5.86. The van der Waals surface area contributed by atoms with Crippen LogP contribution in [0.25, 0.3) is 11.4 Å². The maximum Gasteiger partial charge on any atom is 0.125 e. The zero-order valence-corrected chi connectivity index (χ0v) is 10.6. The van der Waals surface area contributed by atoms with E-state index in [0.717, 1.165) is 28.0 Å². The Labute approximate surface area is 103 Å². The molecule has 0 aliphatic rings. The van der Waals surface area contributed by atoms with E-state index in [2.05, 4.69) is 26.0 Å². The summed E-state index contributed by atoms with van der Waals surface area (Å²) >= 11 is 3.56. The fraction of sp³-hybridized carbons (Fsp3) is 0.273. The first kappa shape index (κ1) is 11.3. The molecule has 0 saturated heterocycles. The minimum atomic E-state index is 0.611. The number of nitrogens with zero attached hydrogens (tertiary/aromatic N) is 3. The minimum absolute atomic E-state index is 0.611. The second kappa shape index (κ2) is 4.76. The van der Waals surface area contributed by atoms with E-state index in [-0.39, 0.29) is 0 Å². The molecule has 0 radical (unpaired) electrons. The van der Waals surface area contributed by atoms with E-state index in [1.807, 2.05) is 29.9 Å². The molecule has 0 saturated carbocycles. The second-order valence-corrected chi connectivity index (χ2v) is 4.28. The number of halogens is 1. The lowest BCUT2D eigenvalue weighted by Gasteiger charge is -1.98. The quantitative estimate of drug-likeness (QED) is 0.932. The van der Waals surface area contributed by atoms with Crippen molar-refractivity contribution in [2.45, 2.75) is 6.42 Å². The van der Waals surface area contributed by atoms with Crippen LogP contribution < -0.4 is 5.73 Å². The topological polar surface area (TPSA) is 56.7 Å². The lowest BCUT2D eigenvalue weighted by Crippen LogP contribution is -2.07. The van der Waals surface area contributed by atoms with E-state index in [1.54, 1.807) is 6.20 Å². The Balaban J connectivity index is 2.47. The van der Waals surface area contributed by atoms with Crippen molar-refractivity contribution in [2.75, 3.05) is 6.54 Å². The highest BCUT2D eigenvalue weighted by Gasteiger charge is 2.15. The average Bonchev–Trinajstić information content (AvgIpc) is 2.59. The van der Waals surface area contributed by atoms with Gasteiger partial charge in [-0.25, -0.2) is 0 Å². The van der Waals surface area contributed by atoms with E-state index in [1.165, 1.54) is 0 Å². The molecular weight excluding hydrogens is 268 g/mol. The molecular formula is C11H13BrN4. The van der Waals surface area contributed by atoms with Crippen molar-refractivity contribution in [3.8, 4) is 11.4 Å². The summed E-state index contributed by atoms with van der Waals surface area (Å²) in [6.45, 7) is 0.611. The molecule has 5 heteroatoms. The molecule has 0 aromatic carbocycles. The molecule has 0 spiro atoms. The van der Waals surface area contributed by atoms with E-state index >= 15 is 0 Å². The van der Waals surface area contributed by atoms with E-state index < -0.39 is 0 Å². The highest BCUT2D eigenvalue weighted by molar-refractivity contribution is 9.10. The number of nitrogens with two attached hydrogens (primary N) is 1. The third kappa shape index (κ3) is 2.01. The van der Waals surface area contributed by atoms with Crippen LogP contribution in [0.4, 0.5) is 0 Å². The Morgan fingerprint density at radius 3 is 2.88 bits per heavy atom. The Morgan fingerprint density at radius 1 is 1.44 bits per heavy atom. The summed E-state index contributed by atoms with van der Waals surface area (Å²) in [4.78, 5) is 4.29. The Morgan fingerprint density at radius 2 is 2.25 bits per heavy atom. The van der Waals surface area contributed by atoms with Crippen LogP contribution in [0.5, 0.6) is 0 Å². The van der Waals surface area contributed by atoms with Gasteiger partial charge in [-0.2, -0.15) is 5.10 Å². The van der Waals surface area contributed by atoms with Crippen molar-refractivity contribution in [3.05, 3.63) is 34.6 Å². The van der Waals surface area contributed by atoms with Gasteiger partial charge in [-0.1, -0.05) is 6.07 Å². The molecule has 84 valence electrons. The Bertz CT molecular complexity index is 478. The molecule has 0 bridgehead atoms. The lowest BCUT2D eigenvalue weighted by molar-refractivity contribution is 0.706. The van der Waals surface area contributed by atoms with Crippen LogP contribution in [0.3, 0.4) is 0 Å². The molecule has 2 aromatic rings. The second-order valence-electron chi connectivity index (χ2n) is 3.49. The average molecular weight is 281 g/mol. The monoisotopic (exact) mass is 280 g/mol. The van der Waals surface area contributed by atoms with Gasteiger partial charge in [-0.05, 0) is 34.6 Å². The van der Waals surface area contributed by atoms with Crippen LogP contribution in [0.1, 0.15) is 5.69 Å². The summed E-state index contributed by atoms with van der Waals surface area (Å²) < 4.78 is 2.83. The van der Waals surface area contributed by atoms with Gasteiger partial charge in [-0.3, -0.25) is 9.67 Å². The predicted molar refractivity (Wildman–Crippen MR) is 66.9 cm³/mol. The lowest BCUT2D eigenvalue weighted by atomic mass is 10.2. The van der Waals surface area contributed by atoms with E-state index in [4.69, 9.17) is 5.73 Å². The first-order valence-electron chi connectivity index (χ1n) is 5.07. The molecule has 0 aliphatic heterocycles. The summed E-state index contributed by atoms with van der Waals surface area (Å²) in [5.74, 6) is 0. The van der Waals surface area contributed by atoms with Crippen molar-refractivity contribution in [1.82, 2.24) is 14.8 Å². The molecule has 2 N–H and O–H groups in total. The summed E-state index contributed by atoms with van der Waals surface area (Å²) in [5.41, 5.74) is 8.40. The van der Waals surface area contributed by atoms with Crippen molar-refractivity contribution in [3.63, 3.8) is 0 Å². The van der Waals surface area contributed by atoms with Crippen molar-refractivity contribution >= 4 is 15.9 Å². The van der Waals surface area contributed by atoms with Gasteiger partial charge < -0.3 is 5.73 Å². The predicted octanol–water partition coefficient (Wildman–Crippen LogP) is 1.75. The van der Waals surface area contributed by atoms with Crippen LogP contribution in [0, 0.1) is 0 Å². The standard InChI is InChI=1S/C11H13BrN4/c1-16-9(5-6-13)10(12)11(15-16)8-4-2-3-7-14-8/h2-4,7H,5-6,13H2,1H3. The molecule has 0 unspecified atom stereocenters. The van der Waals surface area contributed by atoms with Gasteiger partial charge in [0.1, 0.15) is 5.69 Å². The summed E-state index contributed by atoms with van der Waals surface area (Å²) in [7, 11) is 1.92. The highest BCUT2D eigenvalue weighted by atomic mass is 79.9. The molecule has 16 heavy (non-hydrogen) atoms. The number of aryl methyl sites for hydroxylation is 1. The fourth-order valence-electron chi connectivity index (χ4n) is 1.61. The first-order chi connectivity index (χ1) is 7.74. The molecule has 2 rings (SSSR count). The van der Waals surface area contributed by atoms with Crippen LogP contribution >= 0.6 is 15.9 Å². The fourth-order valence-corrected chi connectivity index (χ4v) is 2.35. The maximum absolute atomic E-state index is 5.57. The molecule has 2 heterocycles. The van der Waals surface area contributed by atoms with Gasteiger partial charge in [0.25, 0.3) is 0 Å². The molecule has 4 nitrogen and oxygen atoms in total. The molecule has 2 aromatic heterocycles. The van der Waals surface area contributed by atoms with E-state index in [9.17, 15) is 0 Å². The van der Waals surface area contributed by atoms with Gasteiger partial charge in [0.2, 0.25) is 0 Å². The van der Waals surface area contributed by atoms with Gasteiger partial charge in [0.15, 0.2) is 0 Å². The molecule has 0 atom stereocenters.